The first-order valence-electron chi connectivity index (χ1n) is 10.3. The Morgan fingerprint density at radius 3 is 2.45 bits per heavy atom. The number of benzene rings is 1. The highest BCUT2D eigenvalue weighted by Crippen LogP contribution is 2.43. The van der Waals surface area contributed by atoms with Gasteiger partial charge in [-0.3, -0.25) is 0 Å². The zero-order valence-electron chi connectivity index (χ0n) is 19.8. The molecule has 176 valence electrons. The highest BCUT2D eigenvalue weighted by Gasteiger charge is 2.36. The van der Waals surface area contributed by atoms with Crippen LogP contribution < -0.4 is 10.1 Å². The van der Waals surface area contributed by atoms with Crippen molar-refractivity contribution in [2.45, 2.75) is 60.1 Å². The fourth-order valence-electron chi connectivity index (χ4n) is 3.23. The van der Waals surface area contributed by atoms with E-state index in [4.69, 9.17) is 9.47 Å². The number of nitrogens with one attached hydrogen (secondary N) is 1. The van der Waals surface area contributed by atoms with Gasteiger partial charge in [0.1, 0.15) is 5.75 Å². The number of allylic oxidation sites excluding steroid dienone is 3. The Labute approximate surface area is 192 Å². The number of aliphatic imine (C=N–C) groups is 2. The molecule has 9 heteroatoms. The number of halogens is 2. The maximum Gasteiger partial charge on any atom is 0.387 e. The molecule has 0 amide bonds. The SMILES string of the molecule is COC(=O)C1=C(C)NC(C)=C(C#N)C1c1cc(N=C=NC(C)C(C)(C)C)ccc1OC(F)F. The summed E-state index contributed by atoms with van der Waals surface area (Å²) in [6.45, 7) is 8.26. The van der Waals surface area contributed by atoms with E-state index in [1.54, 1.807) is 13.8 Å². The third-order valence-corrected chi connectivity index (χ3v) is 5.49. The lowest BCUT2D eigenvalue weighted by atomic mass is 9.80. The quantitative estimate of drug-likeness (QED) is 0.451. The Kier molecular flexibility index (Phi) is 8.13. The second kappa shape index (κ2) is 10.4. The van der Waals surface area contributed by atoms with Crippen molar-refractivity contribution >= 4 is 17.7 Å². The van der Waals surface area contributed by atoms with E-state index in [1.807, 2.05) is 27.7 Å². The Morgan fingerprint density at radius 2 is 1.91 bits per heavy atom. The maximum absolute atomic E-state index is 13.2. The highest BCUT2D eigenvalue weighted by atomic mass is 19.3. The summed E-state index contributed by atoms with van der Waals surface area (Å²) in [6, 6.07) is 8.96. The molecule has 1 N–H and O–H groups in total. The minimum absolute atomic E-state index is 0.0566. The van der Waals surface area contributed by atoms with E-state index in [2.05, 4.69) is 27.4 Å². The summed E-state index contributed by atoms with van der Waals surface area (Å²) >= 11 is 0. The molecule has 2 atom stereocenters. The van der Waals surface area contributed by atoms with E-state index >= 15 is 0 Å². The molecular weight excluding hydrogens is 430 g/mol. The van der Waals surface area contributed by atoms with Crippen LogP contribution in [-0.4, -0.2) is 31.7 Å². The Bertz CT molecular complexity index is 1090. The Morgan fingerprint density at radius 1 is 1.24 bits per heavy atom. The number of dihydropyridines is 1. The van der Waals surface area contributed by atoms with Crippen molar-refractivity contribution in [3.8, 4) is 11.8 Å². The van der Waals surface area contributed by atoms with E-state index in [-0.39, 0.29) is 33.9 Å². The molecule has 0 saturated heterocycles. The summed E-state index contributed by atoms with van der Waals surface area (Å²) in [5.41, 5.74) is 1.68. The van der Waals surface area contributed by atoms with Crippen LogP contribution in [0, 0.1) is 16.7 Å². The van der Waals surface area contributed by atoms with Crippen LogP contribution in [0.1, 0.15) is 53.0 Å². The van der Waals surface area contributed by atoms with Crippen molar-refractivity contribution in [3.63, 3.8) is 0 Å². The number of hydrogen-bond acceptors (Lipinski definition) is 7. The van der Waals surface area contributed by atoms with Crippen LogP contribution in [0.15, 0.2) is 50.7 Å². The first-order chi connectivity index (χ1) is 15.4. The van der Waals surface area contributed by atoms with E-state index < -0.39 is 18.5 Å². The zero-order valence-corrected chi connectivity index (χ0v) is 19.8. The lowest BCUT2D eigenvalue weighted by Gasteiger charge is -2.29. The molecule has 33 heavy (non-hydrogen) atoms. The largest absolute Gasteiger partial charge is 0.466 e. The van der Waals surface area contributed by atoms with Gasteiger partial charge in [0.15, 0.2) is 0 Å². The summed E-state index contributed by atoms with van der Waals surface area (Å²) in [4.78, 5) is 21.1. The number of alkyl halides is 2. The van der Waals surface area contributed by atoms with Gasteiger partial charge in [0.25, 0.3) is 0 Å². The second-order valence-electron chi connectivity index (χ2n) is 8.72. The van der Waals surface area contributed by atoms with E-state index in [0.717, 1.165) is 0 Å². The fourth-order valence-corrected chi connectivity index (χ4v) is 3.23. The third kappa shape index (κ3) is 6.05. The van der Waals surface area contributed by atoms with Crippen molar-refractivity contribution in [2.75, 3.05) is 7.11 Å². The van der Waals surface area contributed by atoms with Crippen LogP contribution in [0.5, 0.6) is 5.75 Å². The molecule has 0 saturated carbocycles. The van der Waals surface area contributed by atoms with Crippen molar-refractivity contribution < 1.29 is 23.0 Å². The number of nitriles is 1. The number of nitrogens with zero attached hydrogens (tertiary/aromatic N) is 3. The summed E-state index contributed by atoms with van der Waals surface area (Å²) in [7, 11) is 1.21. The third-order valence-electron chi connectivity index (χ3n) is 5.49. The number of carbonyl (C=O) groups excluding carboxylic acids is 1. The predicted molar refractivity (Wildman–Crippen MR) is 120 cm³/mol. The molecule has 2 unspecified atom stereocenters. The van der Waals surface area contributed by atoms with Crippen LogP contribution in [-0.2, 0) is 9.53 Å². The molecule has 1 heterocycles. The number of rotatable bonds is 6. The topological polar surface area (TPSA) is 96.1 Å². The second-order valence-corrected chi connectivity index (χ2v) is 8.72. The van der Waals surface area contributed by atoms with Crippen LogP contribution in [0.4, 0.5) is 14.5 Å². The zero-order chi connectivity index (χ0) is 24.9. The van der Waals surface area contributed by atoms with Gasteiger partial charge in [0, 0.05) is 17.0 Å². The van der Waals surface area contributed by atoms with E-state index in [9.17, 15) is 18.8 Å². The molecule has 2 rings (SSSR count). The van der Waals surface area contributed by atoms with Gasteiger partial charge in [-0.15, -0.1) is 0 Å². The van der Waals surface area contributed by atoms with Gasteiger partial charge < -0.3 is 14.8 Å². The van der Waals surface area contributed by atoms with Crippen LogP contribution in [0.3, 0.4) is 0 Å². The summed E-state index contributed by atoms with van der Waals surface area (Å²) in [6.07, 6.45) is 0. The van der Waals surface area contributed by atoms with Crippen molar-refractivity contribution in [2.24, 2.45) is 15.4 Å². The van der Waals surface area contributed by atoms with Gasteiger partial charge in [-0.2, -0.15) is 19.0 Å². The van der Waals surface area contributed by atoms with Crippen LogP contribution in [0.2, 0.25) is 0 Å². The number of hydrogen-bond donors (Lipinski definition) is 1. The molecule has 0 spiro atoms. The number of methoxy groups -OCH3 is 1. The van der Waals surface area contributed by atoms with Crippen molar-refractivity contribution in [1.29, 1.82) is 5.26 Å². The molecule has 1 aromatic carbocycles. The van der Waals surface area contributed by atoms with Crippen molar-refractivity contribution in [1.82, 2.24) is 5.32 Å². The van der Waals surface area contributed by atoms with Gasteiger partial charge in [-0.05, 0) is 44.4 Å². The molecule has 0 radical (unpaired) electrons. The molecule has 1 aliphatic heterocycles. The molecule has 0 fully saturated rings. The first-order valence-corrected chi connectivity index (χ1v) is 10.3. The molecule has 1 aromatic rings. The maximum atomic E-state index is 13.2. The van der Waals surface area contributed by atoms with E-state index in [1.165, 1.54) is 25.3 Å². The molecule has 0 bridgehead atoms. The molecule has 0 aliphatic carbocycles. The minimum Gasteiger partial charge on any atom is -0.466 e. The monoisotopic (exact) mass is 458 g/mol. The van der Waals surface area contributed by atoms with Crippen LogP contribution in [0.25, 0.3) is 0 Å². The van der Waals surface area contributed by atoms with Gasteiger partial charge in [0.2, 0.25) is 0 Å². The molecule has 0 aromatic heterocycles. The smallest absolute Gasteiger partial charge is 0.387 e. The van der Waals surface area contributed by atoms with Gasteiger partial charge in [0.05, 0.1) is 48.0 Å². The predicted octanol–water partition coefficient (Wildman–Crippen LogP) is 5.46. The van der Waals surface area contributed by atoms with Gasteiger partial charge in [-0.25, -0.2) is 9.79 Å². The van der Waals surface area contributed by atoms with Crippen molar-refractivity contribution in [3.05, 3.63) is 46.3 Å². The average Bonchev–Trinajstić information content (AvgIpc) is 2.72. The lowest BCUT2D eigenvalue weighted by molar-refractivity contribution is -0.136. The highest BCUT2D eigenvalue weighted by molar-refractivity contribution is 5.93. The van der Waals surface area contributed by atoms with Gasteiger partial charge >= 0.3 is 12.6 Å². The summed E-state index contributed by atoms with van der Waals surface area (Å²) < 4.78 is 35.9. The first kappa shape index (κ1) is 25.8. The molecule has 7 nitrogen and oxygen atoms in total. The Hall–Kier alpha value is -3.50. The van der Waals surface area contributed by atoms with Crippen LogP contribution >= 0.6 is 0 Å². The Balaban J connectivity index is 2.71. The number of carbonyl (C=O) groups is 1. The average molecular weight is 459 g/mol. The number of esters is 1. The summed E-state index contributed by atoms with van der Waals surface area (Å²) in [5, 5.41) is 12.8. The molecule has 1 aliphatic rings. The lowest BCUT2D eigenvalue weighted by Crippen LogP contribution is -2.28. The normalized spacial score (nSPS) is 17.1. The van der Waals surface area contributed by atoms with E-state index in [0.29, 0.717) is 17.1 Å². The minimum atomic E-state index is -3.10. The number of ether oxygens (including phenoxy) is 2. The standard InChI is InChI=1S/C24H28F2N4O3/c1-13-18(11-27)21(20(14(2)30-13)22(31)32-7)17-10-16(8-9-19(17)33-23(25)26)29-12-28-15(3)24(4,5)6/h8-10,15,21,23,30H,1-7H3. The summed E-state index contributed by atoms with van der Waals surface area (Å²) in [5.74, 6) is -1.86. The molecular formula is C24H28F2N4O3. The fraction of sp³-hybridized carbons (Fsp3) is 0.458. The van der Waals surface area contributed by atoms with Gasteiger partial charge in [-0.1, -0.05) is 20.8 Å².